The van der Waals surface area contributed by atoms with Crippen molar-refractivity contribution in [3.63, 3.8) is 0 Å². The van der Waals surface area contributed by atoms with Gasteiger partial charge in [-0.25, -0.2) is 9.37 Å². The number of likely N-dealkylation sites (tertiary alicyclic amines) is 1. The van der Waals surface area contributed by atoms with Crippen molar-refractivity contribution in [2.75, 3.05) is 25.0 Å². The molecule has 6 heteroatoms. The number of phenolic OH excluding ortho intramolecular Hbond substituents is 1. The highest BCUT2D eigenvalue weighted by atomic mass is 19.1. The van der Waals surface area contributed by atoms with E-state index in [0.717, 1.165) is 67.0 Å². The summed E-state index contributed by atoms with van der Waals surface area (Å²) < 4.78 is 15.5. The van der Waals surface area contributed by atoms with E-state index in [2.05, 4.69) is 20.9 Å². The molecule has 1 aromatic heterocycles. The van der Waals surface area contributed by atoms with Crippen molar-refractivity contribution in [1.29, 1.82) is 0 Å². The van der Waals surface area contributed by atoms with Crippen LogP contribution in [0.4, 0.5) is 10.3 Å². The second kappa shape index (κ2) is 9.63. The second-order valence-electron chi connectivity index (χ2n) is 8.78. The predicted octanol–water partition coefficient (Wildman–Crippen LogP) is 5.05. The number of piperidine rings is 1. The zero-order valence-corrected chi connectivity index (χ0v) is 18.6. The van der Waals surface area contributed by atoms with Crippen LogP contribution in [0, 0.1) is 5.82 Å². The minimum Gasteiger partial charge on any atom is -0.508 e. The van der Waals surface area contributed by atoms with Crippen LogP contribution in [-0.2, 0) is 13.0 Å². The molecule has 5 nitrogen and oxygen atoms in total. The van der Waals surface area contributed by atoms with Crippen LogP contribution in [0.5, 0.6) is 5.75 Å². The Bertz CT molecular complexity index is 1210. The van der Waals surface area contributed by atoms with Crippen LogP contribution < -0.4 is 5.32 Å². The van der Waals surface area contributed by atoms with Crippen molar-refractivity contribution in [3.05, 3.63) is 89.7 Å². The zero-order chi connectivity index (χ0) is 22.6. The fourth-order valence-electron chi connectivity index (χ4n) is 4.60. The summed E-state index contributed by atoms with van der Waals surface area (Å²) in [7, 11) is 0. The number of imidazole rings is 1. The van der Waals surface area contributed by atoms with Crippen molar-refractivity contribution in [2.45, 2.75) is 31.8 Å². The normalized spacial score (nSPS) is 15.2. The molecule has 0 saturated carbocycles. The molecule has 5 rings (SSSR count). The molecule has 0 atom stereocenters. The summed E-state index contributed by atoms with van der Waals surface area (Å²) in [5.41, 5.74) is 4.08. The van der Waals surface area contributed by atoms with Gasteiger partial charge in [0.2, 0.25) is 5.95 Å². The van der Waals surface area contributed by atoms with Crippen LogP contribution in [0.3, 0.4) is 0 Å². The van der Waals surface area contributed by atoms with Crippen LogP contribution in [0.15, 0.2) is 72.8 Å². The molecule has 0 aliphatic carbocycles. The smallest absolute Gasteiger partial charge is 0.204 e. The largest absolute Gasteiger partial charge is 0.508 e. The molecule has 3 aromatic carbocycles. The average molecular weight is 445 g/mol. The lowest BCUT2D eigenvalue weighted by Gasteiger charge is -2.32. The zero-order valence-electron chi connectivity index (χ0n) is 18.6. The third-order valence-electron chi connectivity index (χ3n) is 6.52. The molecule has 170 valence electrons. The summed E-state index contributed by atoms with van der Waals surface area (Å²) in [5.74, 6) is 1.03. The van der Waals surface area contributed by atoms with Gasteiger partial charge in [0.05, 0.1) is 17.6 Å². The number of hydrogen-bond donors (Lipinski definition) is 2. The Labute approximate surface area is 193 Å². The van der Waals surface area contributed by atoms with Gasteiger partial charge in [0.15, 0.2) is 0 Å². The topological polar surface area (TPSA) is 53.3 Å². The van der Waals surface area contributed by atoms with Crippen molar-refractivity contribution in [1.82, 2.24) is 14.5 Å². The Morgan fingerprint density at radius 1 is 0.939 bits per heavy atom. The Morgan fingerprint density at radius 3 is 2.45 bits per heavy atom. The minimum absolute atomic E-state index is 0.221. The maximum atomic E-state index is 13.4. The molecule has 2 heterocycles. The van der Waals surface area contributed by atoms with Gasteiger partial charge < -0.3 is 19.9 Å². The number of para-hydroxylation sites is 3. The van der Waals surface area contributed by atoms with Crippen molar-refractivity contribution < 1.29 is 9.50 Å². The second-order valence-corrected chi connectivity index (χ2v) is 8.78. The number of anilines is 1. The molecule has 0 unspecified atom stereocenters. The molecule has 33 heavy (non-hydrogen) atoms. The van der Waals surface area contributed by atoms with E-state index in [1.54, 1.807) is 6.07 Å². The molecular formula is C27H29FN4O. The summed E-state index contributed by atoms with van der Waals surface area (Å²) in [6, 6.07) is 22.8. The van der Waals surface area contributed by atoms with E-state index in [1.165, 1.54) is 12.1 Å². The molecule has 0 amide bonds. The Balaban J connectivity index is 1.24. The van der Waals surface area contributed by atoms with Gasteiger partial charge >= 0.3 is 0 Å². The van der Waals surface area contributed by atoms with Crippen LogP contribution in [0.25, 0.3) is 11.0 Å². The molecule has 1 aliphatic heterocycles. The molecule has 2 N–H and O–H groups in total. The monoisotopic (exact) mass is 444 g/mol. The molecule has 4 aromatic rings. The van der Waals surface area contributed by atoms with Gasteiger partial charge in [0.1, 0.15) is 11.6 Å². The van der Waals surface area contributed by atoms with E-state index < -0.39 is 0 Å². The van der Waals surface area contributed by atoms with Gasteiger partial charge in [-0.3, -0.25) is 0 Å². The third kappa shape index (κ3) is 5.01. The average Bonchev–Trinajstić information content (AvgIpc) is 3.18. The standard InChI is InChI=1S/C27H29FN4O/c28-22-11-9-20(10-12-22)19-32-25-7-3-2-6-24(25)30-27(32)29-23-14-17-31(18-15-23)16-13-21-5-1-4-8-26(21)33/h1-12,23,33H,13-19H2,(H,29,30). The van der Waals surface area contributed by atoms with Gasteiger partial charge in [0, 0.05) is 25.7 Å². The number of phenols is 1. The Morgan fingerprint density at radius 2 is 1.67 bits per heavy atom. The highest BCUT2D eigenvalue weighted by molar-refractivity contribution is 5.78. The van der Waals surface area contributed by atoms with Crippen molar-refractivity contribution in [2.24, 2.45) is 0 Å². The number of nitrogens with zero attached hydrogens (tertiary/aromatic N) is 3. The minimum atomic E-state index is -0.221. The molecule has 1 fully saturated rings. The summed E-state index contributed by atoms with van der Waals surface area (Å²) >= 11 is 0. The van der Waals surface area contributed by atoms with Crippen molar-refractivity contribution >= 4 is 17.0 Å². The molecular weight excluding hydrogens is 415 g/mol. The highest BCUT2D eigenvalue weighted by Gasteiger charge is 2.21. The van der Waals surface area contributed by atoms with Gasteiger partial charge in [-0.1, -0.05) is 42.5 Å². The third-order valence-corrected chi connectivity index (χ3v) is 6.52. The summed E-state index contributed by atoms with van der Waals surface area (Å²) in [5, 5.41) is 13.7. The molecule has 1 saturated heterocycles. The van der Waals surface area contributed by atoms with Crippen molar-refractivity contribution in [3.8, 4) is 5.75 Å². The number of halogens is 1. The lowest BCUT2D eigenvalue weighted by molar-refractivity contribution is 0.220. The van der Waals surface area contributed by atoms with E-state index in [4.69, 9.17) is 4.98 Å². The summed E-state index contributed by atoms with van der Waals surface area (Å²) in [4.78, 5) is 7.33. The van der Waals surface area contributed by atoms with E-state index >= 15 is 0 Å². The fraction of sp³-hybridized carbons (Fsp3) is 0.296. The molecule has 0 radical (unpaired) electrons. The molecule has 0 bridgehead atoms. The number of hydrogen-bond acceptors (Lipinski definition) is 4. The quantitative estimate of drug-likeness (QED) is 0.419. The van der Waals surface area contributed by atoms with Crippen LogP contribution in [-0.4, -0.2) is 45.2 Å². The first-order valence-corrected chi connectivity index (χ1v) is 11.6. The first-order valence-electron chi connectivity index (χ1n) is 11.6. The highest BCUT2D eigenvalue weighted by Crippen LogP contribution is 2.24. The molecule has 1 aliphatic rings. The first-order chi connectivity index (χ1) is 16.2. The maximum absolute atomic E-state index is 13.4. The Kier molecular flexibility index (Phi) is 6.26. The van der Waals surface area contributed by atoms with Gasteiger partial charge in [-0.05, 0) is 60.7 Å². The summed E-state index contributed by atoms with van der Waals surface area (Å²) in [6.45, 7) is 3.63. The lowest BCUT2D eigenvalue weighted by Crippen LogP contribution is -2.40. The van der Waals surface area contributed by atoms with Gasteiger partial charge in [-0.2, -0.15) is 0 Å². The number of aromatic nitrogens is 2. The fourth-order valence-corrected chi connectivity index (χ4v) is 4.60. The number of fused-ring (bicyclic) bond motifs is 1. The first kappa shape index (κ1) is 21.5. The number of nitrogens with one attached hydrogen (secondary N) is 1. The van der Waals surface area contributed by atoms with E-state index in [9.17, 15) is 9.50 Å². The number of rotatable bonds is 7. The van der Waals surface area contributed by atoms with E-state index in [0.29, 0.717) is 18.3 Å². The van der Waals surface area contributed by atoms with Crippen LogP contribution in [0.1, 0.15) is 24.0 Å². The predicted molar refractivity (Wildman–Crippen MR) is 130 cm³/mol. The lowest BCUT2D eigenvalue weighted by atomic mass is 10.0. The van der Waals surface area contributed by atoms with E-state index in [1.807, 2.05) is 48.5 Å². The van der Waals surface area contributed by atoms with Crippen LogP contribution >= 0.6 is 0 Å². The number of benzene rings is 3. The molecule has 0 spiro atoms. The van der Waals surface area contributed by atoms with Gasteiger partial charge in [0.25, 0.3) is 0 Å². The Hall–Kier alpha value is -3.38. The van der Waals surface area contributed by atoms with Crippen LogP contribution in [0.2, 0.25) is 0 Å². The summed E-state index contributed by atoms with van der Waals surface area (Å²) in [6.07, 6.45) is 2.94. The van der Waals surface area contributed by atoms with E-state index in [-0.39, 0.29) is 5.82 Å². The van der Waals surface area contributed by atoms with Gasteiger partial charge in [-0.15, -0.1) is 0 Å². The SMILES string of the molecule is Oc1ccccc1CCN1CCC(Nc2nc3ccccc3n2Cc2ccc(F)cc2)CC1. The number of aromatic hydroxyl groups is 1. The maximum Gasteiger partial charge on any atom is 0.204 e.